The first kappa shape index (κ1) is 19.9. The highest BCUT2D eigenvalue weighted by Crippen LogP contribution is 2.31. The van der Waals surface area contributed by atoms with Crippen molar-refractivity contribution in [1.29, 1.82) is 0 Å². The summed E-state index contributed by atoms with van der Waals surface area (Å²) in [5.74, 6) is 0.709. The van der Waals surface area contributed by atoms with E-state index in [4.69, 9.17) is 10.5 Å². The van der Waals surface area contributed by atoms with E-state index in [-0.39, 0.29) is 17.9 Å². The number of hydrogen-bond acceptors (Lipinski definition) is 4. The summed E-state index contributed by atoms with van der Waals surface area (Å²) in [6.45, 7) is 2.54. The van der Waals surface area contributed by atoms with Gasteiger partial charge in [-0.2, -0.15) is 0 Å². The van der Waals surface area contributed by atoms with Crippen LogP contribution in [0.15, 0.2) is 42.5 Å². The van der Waals surface area contributed by atoms with Crippen LogP contribution in [0.25, 0.3) is 0 Å². The molecule has 0 aliphatic carbocycles. The zero-order valence-electron chi connectivity index (χ0n) is 16.4. The summed E-state index contributed by atoms with van der Waals surface area (Å²) in [6, 6.07) is 13.3. The number of nitrogens with zero attached hydrogens (tertiary/aromatic N) is 1. The Morgan fingerprint density at radius 3 is 2.82 bits per heavy atom. The van der Waals surface area contributed by atoms with E-state index in [1.165, 1.54) is 0 Å². The largest absolute Gasteiger partial charge is 0.497 e. The van der Waals surface area contributed by atoms with Gasteiger partial charge in [-0.05, 0) is 55.2 Å². The Morgan fingerprint density at radius 2 is 2.07 bits per heavy atom. The van der Waals surface area contributed by atoms with Gasteiger partial charge in [-0.15, -0.1) is 0 Å². The van der Waals surface area contributed by atoms with Crippen molar-refractivity contribution < 1.29 is 14.3 Å². The van der Waals surface area contributed by atoms with Crippen LogP contribution in [0.5, 0.6) is 5.75 Å². The van der Waals surface area contributed by atoms with Gasteiger partial charge in [-0.1, -0.05) is 18.2 Å². The minimum Gasteiger partial charge on any atom is -0.497 e. The van der Waals surface area contributed by atoms with Gasteiger partial charge in [0, 0.05) is 30.4 Å². The zero-order chi connectivity index (χ0) is 20.1. The predicted molar refractivity (Wildman–Crippen MR) is 111 cm³/mol. The number of methoxy groups -OCH3 is 1. The van der Waals surface area contributed by atoms with Crippen molar-refractivity contribution in [3.05, 3.63) is 53.6 Å². The Labute approximate surface area is 165 Å². The van der Waals surface area contributed by atoms with Crippen molar-refractivity contribution in [2.24, 2.45) is 5.73 Å². The van der Waals surface area contributed by atoms with E-state index in [2.05, 4.69) is 5.32 Å². The lowest BCUT2D eigenvalue weighted by Crippen LogP contribution is -2.30. The molecular weight excluding hydrogens is 354 g/mol. The fourth-order valence-corrected chi connectivity index (χ4v) is 3.35. The van der Waals surface area contributed by atoms with E-state index in [9.17, 15) is 9.59 Å². The van der Waals surface area contributed by atoms with Gasteiger partial charge in [0.15, 0.2) is 0 Å². The number of anilines is 2. The van der Waals surface area contributed by atoms with Crippen molar-refractivity contribution in [2.75, 3.05) is 23.9 Å². The summed E-state index contributed by atoms with van der Waals surface area (Å²) in [7, 11) is 1.61. The molecule has 1 unspecified atom stereocenters. The Balaban J connectivity index is 1.69. The second-order valence-corrected chi connectivity index (χ2v) is 7.23. The standard InChI is InChI=1S/C22H27N3O3/c1-15(23)6-9-21(26)24-18-8-7-17-10-11-25(20(17)14-18)22(27)13-16-4-3-5-19(12-16)28-2/h3-5,7-8,12,14-15H,6,9-11,13,23H2,1-2H3,(H,24,26). The Hall–Kier alpha value is -2.86. The van der Waals surface area contributed by atoms with Gasteiger partial charge in [-0.25, -0.2) is 0 Å². The molecule has 2 aromatic carbocycles. The molecule has 1 aliphatic rings. The van der Waals surface area contributed by atoms with Gasteiger partial charge in [-0.3, -0.25) is 9.59 Å². The number of carbonyl (C=O) groups excluding carboxylic acids is 2. The van der Waals surface area contributed by atoms with Crippen LogP contribution in [0, 0.1) is 0 Å². The Morgan fingerprint density at radius 1 is 1.25 bits per heavy atom. The molecule has 2 aromatic rings. The van der Waals surface area contributed by atoms with Gasteiger partial charge in [0.1, 0.15) is 5.75 Å². The summed E-state index contributed by atoms with van der Waals surface area (Å²) in [4.78, 5) is 26.7. The van der Waals surface area contributed by atoms with E-state index in [1.54, 1.807) is 12.0 Å². The summed E-state index contributed by atoms with van der Waals surface area (Å²) in [5.41, 5.74) is 9.32. The minimum atomic E-state index is -0.0653. The number of nitrogens with two attached hydrogens (primary N) is 1. The Kier molecular flexibility index (Phi) is 6.31. The summed E-state index contributed by atoms with van der Waals surface area (Å²) in [5, 5.41) is 2.90. The minimum absolute atomic E-state index is 0.00417. The van der Waals surface area contributed by atoms with Crippen LogP contribution >= 0.6 is 0 Å². The number of carbonyl (C=O) groups is 2. The molecule has 28 heavy (non-hydrogen) atoms. The maximum atomic E-state index is 12.9. The van der Waals surface area contributed by atoms with E-state index in [0.29, 0.717) is 31.5 Å². The molecule has 1 aliphatic heterocycles. The second-order valence-electron chi connectivity index (χ2n) is 7.23. The first-order chi connectivity index (χ1) is 13.5. The van der Waals surface area contributed by atoms with E-state index in [0.717, 1.165) is 29.0 Å². The van der Waals surface area contributed by atoms with Crippen LogP contribution < -0.4 is 20.7 Å². The highest BCUT2D eigenvalue weighted by Gasteiger charge is 2.25. The number of amides is 2. The third kappa shape index (κ3) is 4.89. The molecule has 0 fully saturated rings. The zero-order valence-corrected chi connectivity index (χ0v) is 16.4. The van der Waals surface area contributed by atoms with Gasteiger partial charge in [0.25, 0.3) is 0 Å². The molecule has 0 spiro atoms. The number of nitrogens with one attached hydrogen (secondary N) is 1. The van der Waals surface area contributed by atoms with Crippen LogP contribution in [0.3, 0.4) is 0 Å². The van der Waals surface area contributed by atoms with Crippen molar-refractivity contribution >= 4 is 23.2 Å². The van der Waals surface area contributed by atoms with E-state index < -0.39 is 0 Å². The van der Waals surface area contributed by atoms with Crippen molar-refractivity contribution in [1.82, 2.24) is 0 Å². The van der Waals surface area contributed by atoms with E-state index >= 15 is 0 Å². The maximum Gasteiger partial charge on any atom is 0.231 e. The highest BCUT2D eigenvalue weighted by molar-refractivity contribution is 5.98. The number of rotatable bonds is 7. The molecule has 148 valence electrons. The summed E-state index contributed by atoms with van der Waals surface area (Å²) >= 11 is 0. The van der Waals surface area contributed by atoms with Crippen molar-refractivity contribution in [2.45, 2.75) is 38.6 Å². The maximum absolute atomic E-state index is 12.9. The molecule has 3 N–H and O–H groups in total. The first-order valence-electron chi connectivity index (χ1n) is 9.58. The monoisotopic (exact) mass is 381 g/mol. The van der Waals surface area contributed by atoms with Crippen LogP contribution in [0.2, 0.25) is 0 Å². The van der Waals surface area contributed by atoms with Crippen LogP contribution in [0.4, 0.5) is 11.4 Å². The number of fused-ring (bicyclic) bond motifs is 1. The van der Waals surface area contributed by atoms with Crippen molar-refractivity contribution in [3.8, 4) is 5.75 Å². The third-order valence-corrected chi connectivity index (χ3v) is 4.88. The summed E-state index contributed by atoms with van der Waals surface area (Å²) < 4.78 is 5.23. The normalized spacial score (nSPS) is 13.8. The van der Waals surface area contributed by atoms with Gasteiger partial charge in [0.2, 0.25) is 11.8 Å². The van der Waals surface area contributed by atoms with Crippen LogP contribution in [0.1, 0.15) is 30.9 Å². The number of ether oxygens (including phenoxy) is 1. The van der Waals surface area contributed by atoms with Crippen LogP contribution in [-0.2, 0) is 22.4 Å². The molecule has 0 saturated heterocycles. The molecule has 3 rings (SSSR count). The molecule has 0 aromatic heterocycles. The van der Waals surface area contributed by atoms with Gasteiger partial charge >= 0.3 is 0 Å². The molecule has 6 nitrogen and oxygen atoms in total. The average Bonchev–Trinajstić information content (AvgIpc) is 3.10. The molecule has 0 bridgehead atoms. The fraction of sp³-hybridized carbons (Fsp3) is 0.364. The Bertz CT molecular complexity index is 864. The summed E-state index contributed by atoms with van der Waals surface area (Å²) in [6.07, 6.45) is 2.15. The lowest BCUT2D eigenvalue weighted by Gasteiger charge is -2.18. The third-order valence-electron chi connectivity index (χ3n) is 4.88. The highest BCUT2D eigenvalue weighted by atomic mass is 16.5. The molecule has 0 radical (unpaired) electrons. The molecular formula is C22H27N3O3. The van der Waals surface area contributed by atoms with Gasteiger partial charge < -0.3 is 20.7 Å². The lowest BCUT2D eigenvalue weighted by atomic mass is 10.1. The average molecular weight is 381 g/mol. The number of benzene rings is 2. The smallest absolute Gasteiger partial charge is 0.231 e. The molecule has 2 amide bonds. The topological polar surface area (TPSA) is 84.7 Å². The number of hydrogen-bond donors (Lipinski definition) is 2. The van der Waals surface area contributed by atoms with Crippen molar-refractivity contribution in [3.63, 3.8) is 0 Å². The van der Waals surface area contributed by atoms with Gasteiger partial charge in [0.05, 0.1) is 13.5 Å². The van der Waals surface area contributed by atoms with E-state index in [1.807, 2.05) is 49.4 Å². The lowest BCUT2D eigenvalue weighted by molar-refractivity contribution is -0.118. The quantitative estimate of drug-likeness (QED) is 0.772. The SMILES string of the molecule is COc1cccc(CC(=O)N2CCc3ccc(NC(=O)CCC(C)N)cc32)c1. The fourth-order valence-electron chi connectivity index (χ4n) is 3.35. The second kappa shape index (κ2) is 8.89. The molecule has 6 heteroatoms. The predicted octanol–water partition coefficient (Wildman–Crippen LogP) is 2.89. The molecule has 0 saturated carbocycles. The first-order valence-corrected chi connectivity index (χ1v) is 9.58. The molecule has 1 atom stereocenters. The van der Waals surface area contributed by atoms with Crippen LogP contribution in [-0.4, -0.2) is 31.5 Å². The molecule has 1 heterocycles.